The van der Waals surface area contributed by atoms with Gasteiger partial charge in [-0.2, -0.15) is 0 Å². The number of likely N-dealkylation sites (tertiary alicyclic amines) is 1. The predicted octanol–water partition coefficient (Wildman–Crippen LogP) is 0.818. The molecule has 0 aliphatic carbocycles. The minimum atomic E-state index is -0.202. The molecule has 0 spiro atoms. The molecule has 1 rings (SSSR count). The minimum absolute atomic E-state index is 0.202. The molecule has 1 aliphatic heterocycles. The van der Waals surface area contributed by atoms with Crippen molar-refractivity contribution >= 4 is 0 Å². The summed E-state index contributed by atoms with van der Waals surface area (Å²) in [6.45, 7) is 5.76. The SMILES string of the molecule is CC(O)CN1CCCCC(CCN)C1. The standard InChI is InChI=1S/C11H24N2O/c1-10(14)8-13-7-3-2-4-11(9-13)5-6-12/h10-11,14H,2-9,12H2,1H3. The van der Waals surface area contributed by atoms with Gasteiger partial charge in [0.1, 0.15) is 0 Å². The Labute approximate surface area is 87.3 Å². The molecule has 14 heavy (non-hydrogen) atoms. The second-order valence-corrected chi connectivity index (χ2v) is 4.55. The third-order valence-corrected chi connectivity index (χ3v) is 2.95. The number of rotatable bonds is 4. The summed E-state index contributed by atoms with van der Waals surface area (Å²) in [4.78, 5) is 2.39. The van der Waals surface area contributed by atoms with Gasteiger partial charge >= 0.3 is 0 Å². The molecular weight excluding hydrogens is 176 g/mol. The molecule has 0 aromatic rings. The lowest BCUT2D eigenvalue weighted by molar-refractivity contribution is 0.120. The van der Waals surface area contributed by atoms with E-state index in [1.54, 1.807) is 0 Å². The quantitative estimate of drug-likeness (QED) is 0.706. The van der Waals surface area contributed by atoms with E-state index in [0.717, 1.165) is 38.5 Å². The molecule has 0 aromatic carbocycles. The largest absolute Gasteiger partial charge is 0.392 e. The highest BCUT2D eigenvalue weighted by Gasteiger charge is 2.18. The Morgan fingerprint density at radius 2 is 2.29 bits per heavy atom. The predicted molar refractivity (Wildman–Crippen MR) is 59.1 cm³/mol. The molecule has 0 amide bonds. The maximum Gasteiger partial charge on any atom is 0.0639 e. The summed E-state index contributed by atoms with van der Waals surface area (Å²) in [5.74, 6) is 0.751. The van der Waals surface area contributed by atoms with Crippen LogP contribution in [0.25, 0.3) is 0 Å². The Bertz CT molecular complexity index is 150. The van der Waals surface area contributed by atoms with Crippen LogP contribution in [0.3, 0.4) is 0 Å². The number of aliphatic hydroxyl groups excluding tert-OH is 1. The van der Waals surface area contributed by atoms with Crippen molar-refractivity contribution in [3.8, 4) is 0 Å². The first-order valence-electron chi connectivity index (χ1n) is 5.83. The summed E-state index contributed by atoms with van der Waals surface area (Å²) < 4.78 is 0. The van der Waals surface area contributed by atoms with Crippen molar-refractivity contribution in [2.45, 2.75) is 38.7 Å². The first kappa shape index (κ1) is 12.0. The molecule has 1 fully saturated rings. The van der Waals surface area contributed by atoms with Crippen LogP contribution in [0.1, 0.15) is 32.6 Å². The highest BCUT2D eigenvalue weighted by atomic mass is 16.3. The lowest BCUT2D eigenvalue weighted by atomic mass is 10.00. The first-order valence-corrected chi connectivity index (χ1v) is 5.83. The topological polar surface area (TPSA) is 49.5 Å². The van der Waals surface area contributed by atoms with Gasteiger partial charge in [-0.25, -0.2) is 0 Å². The van der Waals surface area contributed by atoms with E-state index in [2.05, 4.69) is 4.90 Å². The summed E-state index contributed by atoms with van der Waals surface area (Å²) in [6.07, 6.45) is 4.84. The second-order valence-electron chi connectivity index (χ2n) is 4.55. The normalized spacial score (nSPS) is 27.2. The molecule has 0 saturated carbocycles. The van der Waals surface area contributed by atoms with Gasteiger partial charge < -0.3 is 15.7 Å². The fourth-order valence-corrected chi connectivity index (χ4v) is 2.33. The van der Waals surface area contributed by atoms with E-state index in [0.29, 0.717) is 0 Å². The Hall–Kier alpha value is -0.120. The monoisotopic (exact) mass is 200 g/mol. The van der Waals surface area contributed by atoms with E-state index in [1.165, 1.54) is 19.3 Å². The van der Waals surface area contributed by atoms with Crippen LogP contribution >= 0.6 is 0 Å². The smallest absolute Gasteiger partial charge is 0.0639 e. The van der Waals surface area contributed by atoms with E-state index < -0.39 is 0 Å². The molecule has 1 aliphatic rings. The molecule has 0 radical (unpaired) electrons. The molecule has 3 heteroatoms. The highest BCUT2D eigenvalue weighted by molar-refractivity contribution is 4.72. The fourth-order valence-electron chi connectivity index (χ4n) is 2.33. The third kappa shape index (κ3) is 4.40. The van der Waals surface area contributed by atoms with Gasteiger partial charge in [-0.15, -0.1) is 0 Å². The molecule has 0 aromatic heterocycles. The maximum absolute atomic E-state index is 9.35. The van der Waals surface area contributed by atoms with Crippen LogP contribution in [0.4, 0.5) is 0 Å². The molecule has 84 valence electrons. The van der Waals surface area contributed by atoms with Gasteiger partial charge in [0.2, 0.25) is 0 Å². The summed E-state index contributed by atoms with van der Waals surface area (Å²) in [6, 6.07) is 0. The van der Waals surface area contributed by atoms with E-state index in [4.69, 9.17) is 5.73 Å². The third-order valence-electron chi connectivity index (χ3n) is 2.95. The van der Waals surface area contributed by atoms with Crippen molar-refractivity contribution in [3.63, 3.8) is 0 Å². The van der Waals surface area contributed by atoms with Crippen molar-refractivity contribution in [2.75, 3.05) is 26.2 Å². The average molecular weight is 200 g/mol. The molecule has 2 unspecified atom stereocenters. The van der Waals surface area contributed by atoms with Crippen LogP contribution in [0.5, 0.6) is 0 Å². The summed E-state index contributed by atoms with van der Waals surface area (Å²) in [7, 11) is 0. The zero-order valence-corrected chi connectivity index (χ0v) is 9.28. The number of nitrogens with zero attached hydrogens (tertiary/aromatic N) is 1. The van der Waals surface area contributed by atoms with Crippen molar-refractivity contribution < 1.29 is 5.11 Å². The van der Waals surface area contributed by atoms with Crippen molar-refractivity contribution in [1.29, 1.82) is 0 Å². The van der Waals surface area contributed by atoms with Crippen molar-refractivity contribution in [2.24, 2.45) is 11.7 Å². The Morgan fingerprint density at radius 3 is 2.93 bits per heavy atom. The maximum atomic E-state index is 9.35. The average Bonchev–Trinajstić information content (AvgIpc) is 2.30. The molecule has 3 N–H and O–H groups in total. The van der Waals surface area contributed by atoms with Gasteiger partial charge in [-0.1, -0.05) is 6.42 Å². The number of aliphatic hydroxyl groups is 1. The molecule has 3 nitrogen and oxygen atoms in total. The molecular formula is C11H24N2O. The van der Waals surface area contributed by atoms with Crippen LogP contribution in [0.2, 0.25) is 0 Å². The number of β-amino-alcohol motifs (C(OH)–C–C–N with tert-alkyl or cyclic N) is 1. The Balaban J connectivity index is 2.34. The van der Waals surface area contributed by atoms with Crippen LogP contribution < -0.4 is 5.73 Å². The number of nitrogens with two attached hydrogens (primary N) is 1. The molecule has 0 bridgehead atoms. The Kier molecular flexibility index (Phi) is 5.45. The van der Waals surface area contributed by atoms with Gasteiger partial charge in [0, 0.05) is 13.1 Å². The van der Waals surface area contributed by atoms with Crippen molar-refractivity contribution in [1.82, 2.24) is 4.90 Å². The van der Waals surface area contributed by atoms with Gasteiger partial charge in [-0.3, -0.25) is 0 Å². The zero-order chi connectivity index (χ0) is 10.4. The van der Waals surface area contributed by atoms with E-state index in [-0.39, 0.29) is 6.10 Å². The molecule has 1 saturated heterocycles. The minimum Gasteiger partial charge on any atom is -0.392 e. The van der Waals surface area contributed by atoms with Gasteiger partial charge in [-0.05, 0) is 45.2 Å². The molecule has 1 heterocycles. The first-order chi connectivity index (χ1) is 6.72. The number of hydrogen-bond acceptors (Lipinski definition) is 3. The zero-order valence-electron chi connectivity index (χ0n) is 9.28. The summed E-state index contributed by atoms with van der Waals surface area (Å²) in [5, 5.41) is 9.35. The van der Waals surface area contributed by atoms with Crippen molar-refractivity contribution in [3.05, 3.63) is 0 Å². The van der Waals surface area contributed by atoms with Gasteiger partial charge in [0.15, 0.2) is 0 Å². The van der Waals surface area contributed by atoms with Crippen LogP contribution in [-0.2, 0) is 0 Å². The summed E-state index contributed by atoms with van der Waals surface area (Å²) in [5.41, 5.74) is 5.59. The lowest BCUT2D eigenvalue weighted by Crippen LogP contribution is -2.34. The summed E-state index contributed by atoms with van der Waals surface area (Å²) >= 11 is 0. The van der Waals surface area contributed by atoms with Crippen LogP contribution in [0, 0.1) is 5.92 Å². The van der Waals surface area contributed by atoms with E-state index >= 15 is 0 Å². The second kappa shape index (κ2) is 6.38. The van der Waals surface area contributed by atoms with E-state index in [9.17, 15) is 5.11 Å². The van der Waals surface area contributed by atoms with Gasteiger partial charge in [0.05, 0.1) is 6.10 Å². The highest BCUT2D eigenvalue weighted by Crippen LogP contribution is 2.18. The van der Waals surface area contributed by atoms with Crippen LogP contribution in [0.15, 0.2) is 0 Å². The van der Waals surface area contributed by atoms with Gasteiger partial charge in [0.25, 0.3) is 0 Å². The van der Waals surface area contributed by atoms with Crippen LogP contribution in [-0.4, -0.2) is 42.3 Å². The molecule has 2 atom stereocenters. The number of hydrogen-bond donors (Lipinski definition) is 2. The lowest BCUT2D eigenvalue weighted by Gasteiger charge is -2.25. The Morgan fingerprint density at radius 1 is 1.50 bits per heavy atom. The van der Waals surface area contributed by atoms with E-state index in [1.807, 2.05) is 6.92 Å². The fraction of sp³-hybridized carbons (Fsp3) is 1.00.